The molecule has 0 bridgehead atoms. The Morgan fingerprint density at radius 1 is 1.00 bits per heavy atom. The fraction of sp³-hybridized carbons (Fsp3) is 0.227. The molecule has 3 heterocycles. The van der Waals surface area contributed by atoms with Crippen LogP contribution in [-0.2, 0) is 18.3 Å². The molecule has 0 unspecified atom stereocenters. The van der Waals surface area contributed by atoms with Crippen molar-refractivity contribution in [2.45, 2.75) is 6.54 Å². The molecule has 0 saturated carbocycles. The molecule has 9 heteroatoms. The van der Waals surface area contributed by atoms with Crippen LogP contribution in [0, 0.1) is 0 Å². The fourth-order valence-corrected chi connectivity index (χ4v) is 3.03. The molecule has 0 amide bonds. The minimum atomic E-state index is -0.174. The maximum atomic E-state index is 12.3. The Morgan fingerprint density at radius 3 is 2.58 bits per heavy atom. The van der Waals surface area contributed by atoms with Gasteiger partial charge in [0.15, 0.2) is 11.6 Å². The molecule has 9 nitrogen and oxygen atoms in total. The van der Waals surface area contributed by atoms with E-state index in [1.165, 1.54) is 10.7 Å². The minimum absolute atomic E-state index is 0.174. The van der Waals surface area contributed by atoms with Gasteiger partial charge >= 0.3 is 0 Å². The Bertz CT molecular complexity index is 1220. The van der Waals surface area contributed by atoms with E-state index < -0.39 is 0 Å². The Morgan fingerprint density at radius 2 is 1.84 bits per heavy atom. The third-order valence-electron chi connectivity index (χ3n) is 4.57. The molecule has 4 rings (SSSR count). The number of hydrogen-bond acceptors (Lipinski definition) is 7. The molecule has 0 N–H and O–H groups in total. The summed E-state index contributed by atoms with van der Waals surface area (Å²) in [6, 6.07) is 10.9. The number of methoxy groups -OCH3 is 1. The number of nitrogens with zero attached hydrogens (tertiary/aromatic N) is 6. The molecule has 0 saturated heterocycles. The molecule has 0 aliphatic carbocycles. The molecule has 0 fully saturated rings. The summed E-state index contributed by atoms with van der Waals surface area (Å²) in [4.78, 5) is 21.1. The van der Waals surface area contributed by atoms with Gasteiger partial charge in [0, 0.05) is 37.5 Å². The van der Waals surface area contributed by atoms with E-state index in [-0.39, 0.29) is 5.56 Å². The van der Waals surface area contributed by atoms with Crippen molar-refractivity contribution in [1.82, 2.24) is 29.5 Å². The standard InChI is InChI=1S/C22H22N6O3/c1-27-15-18(11-25-27)20-6-7-21(29)28(26-20)14-16-4-3-5-17(10-16)22-23-12-19(13-24-22)31-9-8-30-2/h3-7,10-13,15H,8-9,14H2,1-2H3. The highest BCUT2D eigenvalue weighted by atomic mass is 16.5. The van der Waals surface area contributed by atoms with E-state index in [0.717, 1.165) is 16.7 Å². The van der Waals surface area contributed by atoms with E-state index in [9.17, 15) is 4.79 Å². The lowest BCUT2D eigenvalue weighted by molar-refractivity contribution is 0.146. The second kappa shape index (κ2) is 9.31. The Balaban J connectivity index is 1.53. The van der Waals surface area contributed by atoms with Crippen LogP contribution >= 0.6 is 0 Å². The van der Waals surface area contributed by atoms with Gasteiger partial charge in [0.1, 0.15) is 6.61 Å². The number of hydrogen-bond donors (Lipinski definition) is 0. The Labute approximate surface area is 178 Å². The molecule has 0 aliphatic rings. The molecular formula is C22H22N6O3. The van der Waals surface area contributed by atoms with Crippen LogP contribution in [0.2, 0.25) is 0 Å². The molecule has 0 spiro atoms. The zero-order valence-electron chi connectivity index (χ0n) is 17.3. The van der Waals surface area contributed by atoms with Crippen molar-refractivity contribution >= 4 is 0 Å². The number of rotatable bonds is 8. The van der Waals surface area contributed by atoms with Crippen LogP contribution in [0.5, 0.6) is 5.75 Å². The number of aromatic nitrogens is 6. The molecule has 4 aromatic rings. The maximum absolute atomic E-state index is 12.3. The van der Waals surface area contributed by atoms with E-state index in [1.807, 2.05) is 37.5 Å². The first kappa shape index (κ1) is 20.4. The van der Waals surface area contributed by atoms with E-state index in [4.69, 9.17) is 9.47 Å². The van der Waals surface area contributed by atoms with Crippen LogP contribution in [0.3, 0.4) is 0 Å². The summed E-state index contributed by atoms with van der Waals surface area (Å²) in [5.41, 5.74) is 3.13. The van der Waals surface area contributed by atoms with Gasteiger partial charge in [-0.1, -0.05) is 18.2 Å². The smallest absolute Gasteiger partial charge is 0.267 e. The molecular weight excluding hydrogens is 396 g/mol. The normalized spacial score (nSPS) is 10.9. The summed E-state index contributed by atoms with van der Waals surface area (Å²) in [5, 5.41) is 8.65. The van der Waals surface area contributed by atoms with Crippen molar-refractivity contribution < 1.29 is 9.47 Å². The molecule has 0 aliphatic heterocycles. The quantitative estimate of drug-likeness (QED) is 0.405. The summed E-state index contributed by atoms with van der Waals surface area (Å²) in [5.74, 6) is 1.16. The lowest BCUT2D eigenvalue weighted by Crippen LogP contribution is -2.22. The second-order valence-corrected chi connectivity index (χ2v) is 6.90. The van der Waals surface area contributed by atoms with Gasteiger partial charge in [-0.3, -0.25) is 9.48 Å². The lowest BCUT2D eigenvalue weighted by Gasteiger charge is -2.08. The summed E-state index contributed by atoms with van der Waals surface area (Å²) in [6.07, 6.45) is 6.84. The summed E-state index contributed by atoms with van der Waals surface area (Å²) >= 11 is 0. The van der Waals surface area contributed by atoms with Crippen molar-refractivity contribution in [1.29, 1.82) is 0 Å². The molecule has 158 valence electrons. The first-order valence-electron chi connectivity index (χ1n) is 9.72. The summed E-state index contributed by atoms with van der Waals surface area (Å²) < 4.78 is 13.6. The molecule has 0 atom stereocenters. The first-order chi connectivity index (χ1) is 15.1. The van der Waals surface area contributed by atoms with Crippen LogP contribution in [0.25, 0.3) is 22.6 Å². The maximum Gasteiger partial charge on any atom is 0.267 e. The summed E-state index contributed by atoms with van der Waals surface area (Å²) in [7, 11) is 3.46. The zero-order chi connectivity index (χ0) is 21.6. The SMILES string of the molecule is COCCOc1cnc(-c2cccc(Cn3nc(-c4cnn(C)c4)ccc3=O)c2)nc1. The van der Waals surface area contributed by atoms with Gasteiger partial charge in [-0.05, 0) is 17.7 Å². The van der Waals surface area contributed by atoms with Gasteiger partial charge < -0.3 is 9.47 Å². The van der Waals surface area contributed by atoms with E-state index >= 15 is 0 Å². The first-order valence-corrected chi connectivity index (χ1v) is 9.72. The number of ether oxygens (including phenoxy) is 2. The van der Waals surface area contributed by atoms with Crippen LogP contribution in [-0.4, -0.2) is 49.9 Å². The highest BCUT2D eigenvalue weighted by Crippen LogP contribution is 2.19. The predicted octanol–water partition coefficient (Wildman–Crippen LogP) is 2.17. The van der Waals surface area contributed by atoms with Crippen molar-refractivity contribution in [3.05, 3.63) is 77.1 Å². The van der Waals surface area contributed by atoms with Gasteiger partial charge in [0.25, 0.3) is 5.56 Å². The third kappa shape index (κ3) is 5.01. The minimum Gasteiger partial charge on any atom is -0.488 e. The molecule has 31 heavy (non-hydrogen) atoms. The van der Waals surface area contributed by atoms with E-state index in [1.54, 1.807) is 36.4 Å². The lowest BCUT2D eigenvalue weighted by atomic mass is 10.1. The van der Waals surface area contributed by atoms with Crippen LogP contribution < -0.4 is 10.3 Å². The van der Waals surface area contributed by atoms with Crippen molar-refractivity contribution in [3.63, 3.8) is 0 Å². The second-order valence-electron chi connectivity index (χ2n) is 6.90. The predicted molar refractivity (Wildman–Crippen MR) is 115 cm³/mol. The van der Waals surface area contributed by atoms with Crippen molar-refractivity contribution in [3.8, 4) is 28.4 Å². The van der Waals surface area contributed by atoms with Gasteiger partial charge in [0.05, 0.1) is 37.4 Å². The highest BCUT2D eigenvalue weighted by molar-refractivity contribution is 5.57. The third-order valence-corrected chi connectivity index (χ3v) is 4.57. The van der Waals surface area contributed by atoms with Crippen molar-refractivity contribution in [2.24, 2.45) is 7.05 Å². The van der Waals surface area contributed by atoms with Crippen LogP contribution in [0.1, 0.15) is 5.56 Å². The largest absolute Gasteiger partial charge is 0.488 e. The monoisotopic (exact) mass is 418 g/mol. The fourth-order valence-electron chi connectivity index (χ4n) is 3.03. The van der Waals surface area contributed by atoms with Gasteiger partial charge in [-0.2, -0.15) is 10.2 Å². The van der Waals surface area contributed by atoms with Crippen LogP contribution in [0.15, 0.2) is 66.0 Å². The summed E-state index contributed by atoms with van der Waals surface area (Å²) in [6.45, 7) is 1.27. The van der Waals surface area contributed by atoms with Gasteiger partial charge in [-0.15, -0.1) is 0 Å². The molecule has 3 aromatic heterocycles. The highest BCUT2D eigenvalue weighted by Gasteiger charge is 2.08. The average molecular weight is 418 g/mol. The topological polar surface area (TPSA) is 97.0 Å². The molecule has 0 radical (unpaired) electrons. The van der Waals surface area contributed by atoms with Crippen molar-refractivity contribution in [2.75, 3.05) is 20.3 Å². The number of benzene rings is 1. The van der Waals surface area contributed by atoms with Gasteiger partial charge in [0.2, 0.25) is 0 Å². The zero-order valence-corrected chi connectivity index (χ0v) is 17.3. The Kier molecular flexibility index (Phi) is 6.13. The number of aryl methyl sites for hydroxylation is 1. The van der Waals surface area contributed by atoms with E-state index in [2.05, 4.69) is 20.2 Å². The molecule has 1 aromatic carbocycles. The Hall–Kier alpha value is -3.85. The van der Waals surface area contributed by atoms with Gasteiger partial charge in [-0.25, -0.2) is 14.6 Å². The average Bonchev–Trinajstić information content (AvgIpc) is 3.22. The van der Waals surface area contributed by atoms with Crippen LogP contribution in [0.4, 0.5) is 0 Å². The van der Waals surface area contributed by atoms with E-state index in [0.29, 0.717) is 37.0 Å².